The Morgan fingerprint density at radius 2 is 2.05 bits per heavy atom. The molecule has 0 spiro atoms. The fraction of sp³-hybridized carbons (Fsp3) is 0.500. The molecule has 0 saturated carbocycles. The Bertz CT molecular complexity index is 455. The van der Waals surface area contributed by atoms with Crippen molar-refractivity contribution in [2.45, 2.75) is 19.8 Å². The monoisotopic (exact) mass is 259 g/mol. The Kier molecular flexibility index (Phi) is 4.48. The van der Waals surface area contributed by atoms with Gasteiger partial charge in [-0.05, 0) is 13.5 Å². The number of piperidine rings is 1. The number of rotatable bonds is 4. The first-order valence-electron chi connectivity index (χ1n) is 6.88. The van der Waals surface area contributed by atoms with Crippen LogP contribution in [0.15, 0.2) is 30.3 Å². The number of carbonyl (C=O) groups excluding carboxylic acids is 2. The topological polar surface area (TPSA) is 37.4 Å². The van der Waals surface area contributed by atoms with Gasteiger partial charge in [-0.1, -0.05) is 37.3 Å². The van der Waals surface area contributed by atoms with Crippen LogP contribution in [0, 0.1) is 11.8 Å². The predicted octanol–water partition coefficient (Wildman–Crippen LogP) is 2.42. The maximum absolute atomic E-state index is 12.3. The van der Waals surface area contributed by atoms with Crippen LogP contribution in [0.4, 0.5) is 0 Å². The highest BCUT2D eigenvalue weighted by Gasteiger charge is 2.28. The molecule has 2 rings (SSSR count). The van der Waals surface area contributed by atoms with E-state index in [0.717, 1.165) is 18.7 Å². The molecule has 2 unspecified atom stereocenters. The molecule has 0 aliphatic carbocycles. The van der Waals surface area contributed by atoms with Crippen LogP contribution >= 0.6 is 0 Å². The van der Waals surface area contributed by atoms with Gasteiger partial charge in [-0.15, -0.1) is 0 Å². The molecule has 0 bridgehead atoms. The van der Waals surface area contributed by atoms with Crippen molar-refractivity contribution in [2.24, 2.45) is 11.8 Å². The number of hydrogen-bond donors (Lipinski definition) is 0. The first kappa shape index (κ1) is 13.9. The minimum atomic E-state index is -0.0946. The highest BCUT2D eigenvalue weighted by Crippen LogP contribution is 2.22. The van der Waals surface area contributed by atoms with E-state index < -0.39 is 0 Å². The minimum absolute atomic E-state index is 0.0152. The van der Waals surface area contributed by atoms with Gasteiger partial charge in [-0.2, -0.15) is 0 Å². The molecule has 1 saturated heterocycles. The van der Waals surface area contributed by atoms with Crippen molar-refractivity contribution in [3.8, 4) is 0 Å². The molecule has 1 aromatic rings. The van der Waals surface area contributed by atoms with Gasteiger partial charge in [-0.25, -0.2) is 0 Å². The second-order valence-corrected chi connectivity index (χ2v) is 5.54. The van der Waals surface area contributed by atoms with Crippen molar-refractivity contribution in [3.63, 3.8) is 0 Å². The fourth-order valence-corrected chi connectivity index (χ4v) is 2.70. The number of benzene rings is 1. The molecule has 0 amide bonds. The maximum Gasteiger partial charge on any atom is 0.165 e. The average Bonchev–Trinajstić information content (AvgIpc) is 2.43. The second kappa shape index (κ2) is 6.11. The Morgan fingerprint density at radius 3 is 2.74 bits per heavy atom. The fourth-order valence-electron chi connectivity index (χ4n) is 2.70. The molecule has 3 nitrogen and oxygen atoms in total. The quantitative estimate of drug-likeness (QED) is 0.779. The molecule has 1 aliphatic heterocycles. The number of nitrogens with zero attached hydrogens (tertiary/aromatic N) is 1. The van der Waals surface area contributed by atoms with Gasteiger partial charge >= 0.3 is 0 Å². The third kappa shape index (κ3) is 3.51. The van der Waals surface area contributed by atoms with Crippen molar-refractivity contribution >= 4 is 11.6 Å². The zero-order chi connectivity index (χ0) is 13.8. The summed E-state index contributed by atoms with van der Waals surface area (Å²) in [6.45, 7) is 3.55. The Morgan fingerprint density at radius 1 is 1.37 bits per heavy atom. The standard InChI is InChI=1S/C16H21NO2/c1-12(16(19)13-6-4-3-5-7-13)10-14-11-17(2)9-8-15(14)18/h3-7,12,14H,8-11H2,1-2H3. The normalized spacial score (nSPS) is 22.2. The van der Waals surface area contributed by atoms with E-state index >= 15 is 0 Å². The van der Waals surface area contributed by atoms with Crippen LogP contribution in [0.25, 0.3) is 0 Å². The Labute approximate surface area is 114 Å². The van der Waals surface area contributed by atoms with Gasteiger partial charge in [0.1, 0.15) is 5.78 Å². The summed E-state index contributed by atoms with van der Waals surface area (Å²) in [5.74, 6) is 0.372. The summed E-state index contributed by atoms with van der Waals surface area (Å²) < 4.78 is 0. The van der Waals surface area contributed by atoms with E-state index in [0.29, 0.717) is 18.6 Å². The van der Waals surface area contributed by atoms with Crippen molar-refractivity contribution in [2.75, 3.05) is 20.1 Å². The molecular weight excluding hydrogens is 238 g/mol. The Balaban J connectivity index is 1.98. The number of Topliss-reactive ketones (excluding diaryl/α,β-unsaturated/α-hetero) is 2. The van der Waals surface area contributed by atoms with E-state index in [9.17, 15) is 9.59 Å². The van der Waals surface area contributed by atoms with Crippen molar-refractivity contribution in [1.29, 1.82) is 0 Å². The lowest BCUT2D eigenvalue weighted by Gasteiger charge is -2.29. The summed E-state index contributed by atoms with van der Waals surface area (Å²) in [6, 6.07) is 9.33. The second-order valence-electron chi connectivity index (χ2n) is 5.54. The predicted molar refractivity (Wildman–Crippen MR) is 75.2 cm³/mol. The molecule has 19 heavy (non-hydrogen) atoms. The molecule has 102 valence electrons. The lowest BCUT2D eigenvalue weighted by atomic mass is 9.85. The highest BCUT2D eigenvalue weighted by atomic mass is 16.1. The molecule has 3 heteroatoms. The van der Waals surface area contributed by atoms with Crippen LogP contribution in [0.1, 0.15) is 30.1 Å². The summed E-state index contributed by atoms with van der Waals surface area (Å²) in [5.41, 5.74) is 0.742. The zero-order valence-electron chi connectivity index (χ0n) is 11.6. The zero-order valence-corrected chi connectivity index (χ0v) is 11.6. The first-order chi connectivity index (χ1) is 9.08. The molecule has 0 radical (unpaired) electrons. The van der Waals surface area contributed by atoms with Gasteiger partial charge in [0.15, 0.2) is 5.78 Å². The SMILES string of the molecule is CC(CC1CN(C)CCC1=O)C(=O)c1ccccc1. The smallest absolute Gasteiger partial charge is 0.165 e. The van der Waals surface area contributed by atoms with Crippen LogP contribution in [-0.2, 0) is 4.79 Å². The molecular formula is C16H21NO2. The molecule has 0 N–H and O–H groups in total. The molecule has 0 aromatic heterocycles. The van der Waals surface area contributed by atoms with Crippen LogP contribution in [-0.4, -0.2) is 36.6 Å². The summed E-state index contributed by atoms with van der Waals surface area (Å²) >= 11 is 0. The number of hydrogen-bond acceptors (Lipinski definition) is 3. The van der Waals surface area contributed by atoms with E-state index in [-0.39, 0.29) is 17.6 Å². The third-order valence-electron chi connectivity index (χ3n) is 3.87. The van der Waals surface area contributed by atoms with E-state index in [4.69, 9.17) is 0 Å². The molecule has 2 atom stereocenters. The maximum atomic E-state index is 12.3. The molecule has 1 aromatic carbocycles. The van der Waals surface area contributed by atoms with E-state index in [1.54, 1.807) is 0 Å². The van der Waals surface area contributed by atoms with Gasteiger partial charge in [0.2, 0.25) is 0 Å². The average molecular weight is 259 g/mol. The van der Waals surface area contributed by atoms with Crippen molar-refractivity contribution < 1.29 is 9.59 Å². The van der Waals surface area contributed by atoms with E-state index in [2.05, 4.69) is 4.90 Å². The van der Waals surface area contributed by atoms with Crippen molar-refractivity contribution in [1.82, 2.24) is 4.90 Å². The van der Waals surface area contributed by atoms with Crippen LogP contribution in [0.3, 0.4) is 0 Å². The molecule has 1 aliphatic rings. The number of ketones is 2. The van der Waals surface area contributed by atoms with E-state index in [1.165, 1.54) is 0 Å². The van der Waals surface area contributed by atoms with Crippen LogP contribution < -0.4 is 0 Å². The van der Waals surface area contributed by atoms with Gasteiger partial charge < -0.3 is 4.90 Å². The van der Waals surface area contributed by atoms with Gasteiger partial charge in [0.05, 0.1) is 0 Å². The third-order valence-corrected chi connectivity index (χ3v) is 3.87. The first-order valence-corrected chi connectivity index (χ1v) is 6.88. The number of likely N-dealkylation sites (tertiary alicyclic amines) is 1. The summed E-state index contributed by atoms with van der Waals surface area (Å²) in [6.07, 6.45) is 1.28. The van der Waals surface area contributed by atoms with Crippen molar-refractivity contribution in [3.05, 3.63) is 35.9 Å². The number of carbonyl (C=O) groups is 2. The van der Waals surface area contributed by atoms with Gasteiger partial charge in [0.25, 0.3) is 0 Å². The van der Waals surface area contributed by atoms with Gasteiger partial charge in [-0.3, -0.25) is 9.59 Å². The molecule has 1 fully saturated rings. The summed E-state index contributed by atoms with van der Waals surface area (Å²) in [4.78, 5) is 26.4. The van der Waals surface area contributed by atoms with Crippen LogP contribution in [0.2, 0.25) is 0 Å². The van der Waals surface area contributed by atoms with Crippen LogP contribution in [0.5, 0.6) is 0 Å². The summed E-state index contributed by atoms with van der Waals surface area (Å²) in [7, 11) is 2.03. The van der Waals surface area contributed by atoms with E-state index in [1.807, 2.05) is 44.3 Å². The van der Waals surface area contributed by atoms with Gasteiger partial charge in [0, 0.05) is 36.9 Å². The molecule has 1 heterocycles. The Hall–Kier alpha value is -1.48. The lowest BCUT2D eigenvalue weighted by Crippen LogP contribution is -2.39. The lowest BCUT2D eigenvalue weighted by molar-refractivity contribution is -0.126. The summed E-state index contributed by atoms with van der Waals surface area (Å²) in [5, 5.41) is 0. The highest BCUT2D eigenvalue weighted by molar-refractivity contribution is 5.98. The minimum Gasteiger partial charge on any atom is -0.305 e. The largest absolute Gasteiger partial charge is 0.305 e.